The van der Waals surface area contributed by atoms with Crippen molar-refractivity contribution in [3.63, 3.8) is 0 Å². The molecule has 0 aromatic rings. The van der Waals surface area contributed by atoms with Gasteiger partial charge in [-0.25, -0.2) is 4.58 Å². The van der Waals surface area contributed by atoms with Crippen LogP contribution in [0.3, 0.4) is 0 Å². The van der Waals surface area contributed by atoms with Crippen LogP contribution in [-0.4, -0.2) is 39.7 Å². The lowest BCUT2D eigenvalue weighted by atomic mass is 11.1. The van der Waals surface area contributed by atoms with Crippen molar-refractivity contribution in [1.82, 2.24) is 0 Å². The van der Waals surface area contributed by atoms with Gasteiger partial charge in [-0.05, 0) is 0 Å². The highest BCUT2D eigenvalue weighted by Gasteiger charge is 1.98. The molecule has 0 bridgehead atoms. The third-order valence-electron chi connectivity index (χ3n) is 0.429. The predicted octanol–water partition coefficient (Wildman–Crippen LogP) is -3.73. The van der Waals surface area contributed by atoms with Gasteiger partial charge in [-0.1, -0.05) is 0 Å². The average Bonchev–Trinajstić information content (AvgIpc) is 1.59. The van der Waals surface area contributed by atoms with E-state index in [2.05, 4.69) is 4.18 Å². The molecule has 0 rings (SSSR count). The first-order valence-corrected chi connectivity index (χ1v) is 4.11. The summed E-state index contributed by atoms with van der Waals surface area (Å²) in [6.07, 6.45) is 2.11. The maximum absolute atomic E-state index is 10.3. The Kier molecular flexibility index (Phi) is 5.59. The van der Waals surface area contributed by atoms with Crippen LogP contribution in [0.5, 0.6) is 0 Å². The zero-order valence-electron chi connectivity index (χ0n) is 6.04. The van der Waals surface area contributed by atoms with Crippen LogP contribution in [0.2, 0.25) is 0 Å². The van der Waals surface area contributed by atoms with Gasteiger partial charge < -0.3 is 16.6 Å². The molecule has 0 amide bonds. The van der Waals surface area contributed by atoms with Crippen molar-refractivity contribution < 1.29 is 29.6 Å². The van der Waals surface area contributed by atoms with Crippen LogP contribution >= 0.6 is 0 Å². The second-order valence-corrected chi connectivity index (χ2v) is 3.47. The van der Waals surface area contributed by atoms with Crippen molar-refractivity contribution in [1.29, 1.82) is 0 Å². The molecule has 0 aromatic heterocycles. The Bertz CT molecular complexity index is 205. The van der Waals surface area contributed by atoms with Crippen molar-refractivity contribution >= 4 is 16.5 Å². The second kappa shape index (κ2) is 4.51. The molecule has 0 atom stereocenters. The van der Waals surface area contributed by atoms with Gasteiger partial charge in [0.2, 0.25) is 0 Å². The summed E-state index contributed by atoms with van der Waals surface area (Å²) in [4.78, 5) is 0. The lowest BCUT2D eigenvalue weighted by Crippen LogP contribution is -3.00. The van der Waals surface area contributed by atoms with Gasteiger partial charge in [-0.3, -0.25) is 0 Å². The first kappa shape index (κ1) is 12.4. The van der Waals surface area contributed by atoms with E-state index in [4.69, 9.17) is 0 Å². The Morgan fingerprint density at radius 3 is 1.90 bits per heavy atom. The van der Waals surface area contributed by atoms with Crippen molar-refractivity contribution in [2.24, 2.45) is 0 Å². The van der Waals surface area contributed by atoms with E-state index in [0.29, 0.717) is 0 Å². The fourth-order valence-electron chi connectivity index (χ4n) is 0.164. The topological polar surface area (TPSA) is 46.4 Å². The van der Waals surface area contributed by atoms with E-state index in [9.17, 15) is 8.42 Å². The van der Waals surface area contributed by atoms with Gasteiger partial charge in [-0.2, -0.15) is 8.42 Å². The third-order valence-corrected chi connectivity index (χ3v) is 0.864. The van der Waals surface area contributed by atoms with Crippen LogP contribution in [0, 0.1) is 0 Å². The Morgan fingerprint density at radius 1 is 1.40 bits per heavy atom. The van der Waals surface area contributed by atoms with Crippen molar-refractivity contribution in [2.75, 3.05) is 20.4 Å². The molecule has 0 aromatic carbocycles. The molecule has 0 saturated heterocycles. The quantitative estimate of drug-likeness (QED) is 0.193. The third kappa shape index (κ3) is 10.6. The van der Waals surface area contributed by atoms with E-state index in [1.807, 2.05) is 0 Å². The fraction of sp³-hybridized carbons (Fsp3) is 0.750. The van der Waals surface area contributed by atoms with E-state index in [1.54, 1.807) is 14.1 Å². The highest BCUT2D eigenvalue weighted by Crippen LogP contribution is 1.79. The van der Waals surface area contributed by atoms with E-state index in [-0.39, 0.29) is 12.4 Å². The minimum Gasteiger partial charge on any atom is -1.00 e. The predicted molar refractivity (Wildman–Crippen MR) is 34.1 cm³/mol. The summed E-state index contributed by atoms with van der Waals surface area (Å²) in [6, 6.07) is 0. The van der Waals surface area contributed by atoms with Crippen LogP contribution < -0.4 is 12.4 Å². The first-order chi connectivity index (χ1) is 3.92. The molecule has 0 spiro atoms. The molecular formula is C4H10ClNO3S. The minimum atomic E-state index is -3.32. The van der Waals surface area contributed by atoms with Crippen molar-refractivity contribution in [3.8, 4) is 0 Å². The highest BCUT2D eigenvalue weighted by atomic mass is 35.5. The summed E-state index contributed by atoms with van der Waals surface area (Å²) in [5.41, 5.74) is 0. The normalized spacial score (nSPS) is 9.50. The summed E-state index contributed by atoms with van der Waals surface area (Å²) < 4.78 is 26.3. The first-order valence-electron chi connectivity index (χ1n) is 2.30. The Hall–Kier alpha value is -0.290. The summed E-state index contributed by atoms with van der Waals surface area (Å²) in [5.74, 6) is 0. The number of hydrogen-bond acceptors (Lipinski definition) is 3. The van der Waals surface area contributed by atoms with Crippen LogP contribution in [-0.2, 0) is 14.3 Å². The Labute approximate surface area is 67.0 Å². The van der Waals surface area contributed by atoms with Gasteiger partial charge >= 0.3 is 16.5 Å². The van der Waals surface area contributed by atoms with Crippen LogP contribution in [0.25, 0.3) is 0 Å². The summed E-state index contributed by atoms with van der Waals surface area (Å²) >= 11 is 0. The summed E-state index contributed by atoms with van der Waals surface area (Å²) in [7, 11) is 0.0272. The van der Waals surface area contributed by atoms with Crippen LogP contribution in [0.4, 0.5) is 0 Å². The molecule has 6 heteroatoms. The van der Waals surface area contributed by atoms with Crippen molar-refractivity contribution in [2.45, 2.75) is 0 Å². The maximum Gasteiger partial charge on any atom is 0.339 e. The van der Waals surface area contributed by atoms with Crippen LogP contribution in [0.15, 0.2) is 0 Å². The highest BCUT2D eigenvalue weighted by molar-refractivity contribution is 7.86. The van der Waals surface area contributed by atoms with Crippen molar-refractivity contribution in [3.05, 3.63) is 0 Å². The smallest absolute Gasteiger partial charge is 0.339 e. The van der Waals surface area contributed by atoms with Gasteiger partial charge in [0.05, 0.1) is 6.26 Å². The minimum absolute atomic E-state index is 0. The van der Waals surface area contributed by atoms with E-state index in [0.717, 1.165) is 12.7 Å². The molecule has 10 heavy (non-hydrogen) atoms. The largest absolute Gasteiger partial charge is 1.00 e. The second-order valence-electron chi connectivity index (χ2n) is 1.87. The van der Waals surface area contributed by atoms with Gasteiger partial charge in [0, 0.05) is 0 Å². The molecular weight excluding hydrogens is 178 g/mol. The standard InChI is InChI=1S/C4H10NO3S.ClH/c1-5(2)4-8-9(3,6)7;/h4H,1-3H3;1H/q+1;/p-1. The summed E-state index contributed by atoms with van der Waals surface area (Å²) in [6.45, 7) is 0. The molecule has 0 aliphatic rings. The monoisotopic (exact) mass is 187 g/mol. The molecule has 0 saturated carbocycles. The van der Waals surface area contributed by atoms with Gasteiger partial charge in [0.1, 0.15) is 14.1 Å². The van der Waals surface area contributed by atoms with Gasteiger partial charge in [0.15, 0.2) is 0 Å². The average molecular weight is 188 g/mol. The SMILES string of the molecule is C[N+](C)=COS(C)(=O)=O.[Cl-]. The molecule has 0 aliphatic carbocycles. The fourth-order valence-corrected chi connectivity index (χ4v) is 0.493. The number of halogens is 1. The van der Waals surface area contributed by atoms with Gasteiger partial charge in [-0.15, -0.1) is 0 Å². The molecule has 0 aliphatic heterocycles. The molecule has 0 fully saturated rings. The lowest BCUT2D eigenvalue weighted by Gasteiger charge is -1.89. The Balaban J connectivity index is 0. The summed E-state index contributed by atoms with van der Waals surface area (Å²) in [5, 5.41) is 0. The zero-order chi connectivity index (χ0) is 7.49. The van der Waals surface area contributed by atoms with Crippen LogP contribution in [0.1, 0.15) is 0 Å². The molecule has 0 heterocycles. The Morgan fingerprint density at radius 2 is 1.80 bits per heavy atom. The van der Waals surface area contributed by atoms with Gasteiger partial charge in [0.25, 0.3) is 0 Å². The van der Waals surface area contributed by atoms with E-state index < -0.39 is 10.1 Å². The molecule has 4 nitrogen and oxygen atoms in total. The zero-order valence-corrected chi connectivity index (χ0v) is 7.61. The number of nitrogens with zero attached hydrogens (tertiary/aromatic N) is 1. The molecule has 0 N–H and O–H groups in total. The maximum atomic E-state index is 10.3. The molecule has 62 valence electrons. The molecule has 0 unspecified atom stereocenters. The van der Waals surface area contributed by atoms with E-state index >= 15 is 0 Å². The molecule has 0 radical (unpaired) electrons. The number of hydrogen-bond donors (Lipinski definition) is 0. The van der Waals surface area contributed by atoms with E-state index in [1.165, 1.54) is 4.58 Å². The number of rotatable bonds is 2. The lowest BCUT2D eigenvalue weighted by molar-refractivity contribution is -0.466.